The third kappa shape index (κ3) is 9.30. The van der Waals surface area contributed by atoms with Gasteiger partial charge in [-0.15, -0.1) is 0 Å². The van der Waals surface area contributed by atoms with Gasteiger partial charge in [0.15, 0.2) is 11.6 Å². The number of fused-ring (bicyclic) bond motifs is 2. The molecule has 1 aliphatic carbocycles. The zero-order valence-corrected chi connectivity index (χ0v) is 41.4. The van der Waals surface area contributed by atoms with Crippen LogP contribution >= 0.6 is 0 Å². The van der Waals surface area contributed by atoms with Gasteiger partial charge in [0.25, 0.3) is 0 Å². The average molecular weight is 981 g/mol. The number of aromatic nitrogens is 4. The fourth-order valence-corrected chi connectivity index (χ4v) is 12.6. The standard InChI is InChI=1S/C54H66F4N9O4/c1-30(2)23-47(68)65-19-9-11-45(65)50-59-39-26-33(35(55)28-41(39)61-50)43-13-14-44(67(43)32-24-37(57)49(38(58)25-32)64-21-17-54(18-22-64)15-7-6-8-16-54)34-27-40-42(29-36(34)56)62-51(60-40)46-12-10-20-66(46)52(69)48(31(3)4)63-53(70)71-5/h23-31,43-46,48H,6-22H2,1-5H3,(H,59,61)(H,60,62)(H,63,70)/t43-,44-,45+,46+,48+/m1/s1. The number of nitrogens with one attached hydrogen (secondary N) is 3. The number of carbonyl (C=O) groups is 3. The molecule has 3 aromatic carbocycles. The smallest absolute Gasteiger partial charge is 0.407 e. The molecule has 13 nitrogen and oxygen atoms in total. The van der Waals surface area contributed by atoms with Gasteiger partial charge in [0.05, 0.1) is 59.8 Å². The molecular formula is C54H66F4N9O4. The van der Waals surface area contributed by atoms with Crippen LogP contribution < -0.4 is 15.1 Å². The Kier molecular flexibility index (Phi) is 13.5. The summed E-state index contributed by atoms with van der Waals surface area (Å²) in [7, 11) is 1.24. The molecule has 5 aromatic rings. The second-order valence-corrected chi connectivity index (χ2v) is 21.5. The molecule has 0 unspecified atom stereocenters. The van der Waals surface area contributed by atoms with Gasteiger partial charge in [-0.25, -0.2) is 32.3 Å². The first kappa shape index (κ1) is 48.7. The Morgan fingerprint density at radius 2 is 1.21 bits per heavy atom. The first-order valence-electron chi connectivity index (χ1n) is 25.8. The minimum atomic E-state index is -0.836. The summed E-state index contributed by atoms with van der Waals surface area (Å²) in [4.78, 5) is 62.8. The molecule has 5 atom stereocenters. The van der Waals surface area contributed by atoms with E-state index in [0.29, 0.717) is 92.0 Å². The van der Waals surface area contributed by atoms with Crippen molar-refractivity contribution in [3.05, 3.63) is 88.9 Å². The van der Waals surface area contributed by atoms with Crippen LogP contribution in [0.4, 0.5) is 33.7 Å². The van der Waals surface area contributed by atoms with Crippen molar-refractivity contribution >= 4 is 51.3 Å². The normalized spacial score (nSPS) is 23.0. The number of anilines is 2. The van der Waals surface area contributed by atoms with E-state index in [9.17, 15) is 14.4 Å². The average Bonchev–Trinajstić information content (AvgIpc) is 4.20. The molecule has 379 valence electrons. The highest BCUT2D eigenvalue weighted by Gasteiger charge is 2.43. The van der Waals surface area contributed by atoms with Gasteiger partial charge in [-0.1, -0.05) is 47.0 Å². The number of hydrogen-bond donors (Lipinski definition) is 3. The molecule has 1 radical (unpaired) electrons. The molecule has 1 saturated carbocycles. The monoisotopic (exact) mass is 981 g/mol. The zero-order chi connectivity index (χ0) is 49.9. The molecule has 4 aliphatic heterocycles. The lowest BCUT2D eigenvalue weighted by Gasteiger charge is -2.45. The lowest BCUT2D eigenvalue weighted by Crippen LogP contribution is -2.51. The van der Waals surface area contributed by atoms with E-state index in [1.165, 1.54) is 50.6 Å². The maximum atomic E-state index is 16.9. The molecule has 10 rings (SSSR count). The van der Waals surface area contributed by atoms with Crippen LogP contribution in [0.3, 0.4) is 0 Å². The number of ether oxygens (including phenoxy) is 1. The largest absolute Gasteiger partial charge is 0.453 e. The summed E-state index contributed by atoms with van der Waals surface area (Å²) in [6.45, 7) is 9.71. The van der Waals surface area contributed by atoms with Crippen molar-refractivity contribution in [3.63, 3.8) is 0 Å². The van der Waals surface area contributed by atoms with E-state index in [1.54, 1.807) is 33.3 Å². The van der Waals surface area contributed by atoms with Gasteiger partial charge < -0.3 is 39.6 Å². The molecular weight excluding hydrogens is 915 g/mol. The van der Waals surface area contributed by atoms with Crippen LogP contribution in [0.1, 0.15) is 158 Å². The third-order valence-corrected chi connectivity index (χ3v) is 16.3. The molecule has 5 fully saturated rings. The van der Waals surface area contributed by atoms with Crippen molar-refractivity contribution in [2.24, 2.45) is 17.3 Å². The van der Waals surface area contributed by atoms with Crippen molar-refractivity contribution in [2.45, 2.75) is 141 Å². The van der Waals surface area contributed by atoms with Gasteiger partial charge >= 0.3 is 6.09 Å². The number of halogens is 4. The van der Waals surface area contributed by atoms with E-state index < -0.39 is 53.5 Å². The van der Waals surface area contributed by atoms with Crippen molar-refractivity contribution < 1.29 is 36.7 Å². The summed E-state index contributed by atoms with van der Waals surface area (Å²) in [6, 6.07) is 5.49. The Labute approximate surface area is 412 Å². The number of alkyl carbamates (subject to hydrolysis) is 1. The van der Waals surface area contributed by atoms with Crippen LogP contribution in [-0.4, -0.2) is 87.0 Å². The Bertz CT molecular complexity index is 2790. The summed E-state index contributed by atoms with van der Waals surface area (Å²) in [5, 5.41) is 2.66. The molecule has 3 N–H and O–H groups in total. The Morgan fingerprint density at radius 3 is 1.73 bits per heavy atom. The van der Waals surface area contributed by atoms with E-state index in [1.807, 2.05) is 32.6 Å². The Balaban J connectivity index is 1.00. The third-order valence-electron chi connectivity index (χ3n) is 16.3. The van der Waals surface area contributed by atoms with Crippen molar-refractivity contribution in [3.8, 4) is 0 Å². The van der Waals surface area contributed by atoms with Gasteiger partial charge in [0.1, 0.15) is 35.0 Å². The van der Waals surface area contributed by atoms with E-state index in [2.05, 4.69) is 15.3 Å². The van der Waals surface area contributed by atoms with Crippen molar-refractivity contribution in [2.75, 3.05) is 43.1 Å². The number of carbonyl (C=O) groups excluding carboxylic acids is 3. The summed E-state index contributed by atoms with van der Waals surface area (Å²) in [5.74, 6) is -2.08. The van der Waals surface area contributed by atoms with Crippen LogP contribution in [0, 0.1) is 46.9 Å². The summed E-state index contributed by atoms with van der Waals surface area (Å²) in [5.41, 5.74) is 2.57. The topological polar surface area (TPSA) is 143 Å². The van der Waals surface area contributed by atoms with Crippen LogP contribution in [0.15, 0.2) is 36.4 Å². The number of piperidine rings is 1. The molecule has 17 heteroatoms. The number of hydrogen-bond acceptors (Lipinski definition) is 8. The van der Waals surface area contributed by atoms with Crippen LogP contribution in [0.2, 0.25) is 0 Å². The molecule has 0 bridgehead atoms. The molecule has 71 heavy (non-hydrogen) atoms. The second-order valence-electron chi connectivity index (χ2n) is 21.5. The molecule has 5 aliphatic rings. The quantitative estimate of drug-likeness (QED) is 0.111. The van der Waals surface area contributed by atoms with Crippen LogP contribution in [0.5, 0.6) is 0 Å². The molecule has 3 amide bonds. The van der Waals surface area contributed by atoms with E-state index in [4.69, 9.17) is 14.7 Å². The highest BCUT2D eigenvalue weighted by atomic mass is 19.1. The fraction of sp³-hybridized carbons (Fsp3) is 0.556. The van der Waals surface area contributed by atoms with E-state index >= 15 is 17.6 Å². The van der Waals surface area contributed by atoms with Gasteiger partial charge in [-0.05, 0) is 118 Å². The number of imidazole rings is 2. The minimum absolute atomic E-state index is 0.0695. The van der Waals surface area contributed by atoms with Crippen LogP contribution in [0.25, 0.3) is 22.1 Å². The fourth-order valence-electron chi connectivity index (χ4n) is 12.6. The van der Waals surface area contributed by atoms with Crippen molar-refractivity contribution in [1.82, 2.24) is 35.1 Å². The second kappa shape index (κ2) is 19.6. The predicted octanol–water partition coefficient (Wildman–Crippen LogP) is 11.2. The summed E-state index contributed by atoms with van der Waals surface area (Å²) >= 11 is 0. The van der Waals surface area contributed by atoms with E-state index in [-0.39, 0.29) is 57.6 Å². The molecule has 6 heterocycles. The number of amides is 3. The lowest BCUT2D eigenvalue weighted by molar-refractivity contribution is -0.135. The maximum absolute atomic E-state index is 16.9. The SMILES string of the molecule is COC(=O)N[C@H](C(=O)N1CCC[C@H]1c1nc2cc([C@H]3CC[C@H](c4cc5nc([C@@H]6CCCN6C(=O)[CH]C(C)C)[nH]c5cc4F)N3c3cc(F)c(N4CCC5(CCCCC5)CC4)c(F)c3)c(F)cc2[nH]1)C(C)C. The minimum Gasteiger partial charge on any atom is -0.453 e. The van der Waals surface area contributed by atoms with Gasteiger partial charge in [-0.2, -0.15) is 0 Å². The number of likely N-dealkylation sites (tertiary alicyclic amines) is 2. The van der Waals surface area contributed by atoms with Gasteiger partial charge in [-0.3, -0.25) is 9.59 Å². The Hall–Kier alpha value is -5.87. The molecule has 1 spiro atoms. The lowest BCUT2D eigenvalue weighted by atomic mass is 9.68. The number of aromatic amines is 2. The van der Waals surface area contributed by atoms with Gasteiger partial charge in [0.2, 0.25) is 11.8 Å². The number of methoxy groups -OCH3 is 1. The van der Waals surface area contributed by atoms with Gasteiger partial charge in [0, 0.05) is 43.0 Å². The number of rotatable bonds is 11. The maximum Gasteiger partial charge on any atom is 0.407 e. The summed E-state index contributed by atoms with van der Waals surface area (Å²) in [6.07, 6.45) is 12.1. The highest BCUT2D eigenvalue weighted by Crippen LogP contribution is 2.51. The zero-order valence-electron chi connectivity index (χ0n) is 41.4. The first-order chi connectivity index (χ1) is 34.1. The highest BCUT2D eigenvalue weighted by molar-refractivity contribution is 5.87. The van der Waals surface area contributed by atoms with E-state index in [0.717, 1.165) is 32.1 Å². The predicted molar refractivity (Wildman–Crippen MR) is 263 cm³/mol. The first-order valence-corrected chi connectivity index (χ1v) is 25.8. The molecule has 2 aromatic heterocycles. The molecule has 4 saturated heterocycles. The number of nitrogens with zero attached hydrogens (tertiary/aromatic N) is 6. The van der Waals surface area contributed by atoms with Crippen LogP contribution in [-0.2, 0) is 14.3 Å². The summed E-state index contributed by atoms with van der Waals surface area (Å²) < 4.78 is 72.0. The Morgan fingerprint density at radius 1 is 0.676 bits per heavy atom. The van der Waals surface area contributed by atoms with Crippen molar-refractivity contribution in [1.29, 1.82) is 0 Å². The number of benzene rings is 3. The number of H-pyrrole nitrogens is 2.